The maximum absolute atomic E-state index is 12.6. The molecule has 0 aromatic heterocycles. The predicted octanol–water partition coefficient (Wildman–Crippen LogP) is 4.81. The number of carbonyl (C=O) groups is 3. The second-order valence-corrected chi connectivity index (χ2v) is 8.27. The number of carbonyl (C=O) groups excluding carboxylic acids is 3. The summed E-state index contributed by atoms with van der Waals surface area (Å²) in [5, 5.41) is 14.8. The van der Waals surface area contributed by atoms with Crippen LogP contribution in [0.1, 0.15) is 15.9 Å². The third-order valence-corrected chi connectivity index (χ3v) is 5.56. The van der Waals surface area contributed by atoms with Gasteiger partial charge in [-0.3, -0.25) is 9.59 Å². The van der Waals surface area contributed by atoms with Crippen molar-refractivity contribution in [1.82, 2.24) is 0 Å². The van der Waals surface area contributed by atoms with Gasteiger partial charge in [-0.25, -0.2) is 4.79 Å². The van der Waals surface area contributed by atoms with Gasteiger partial charge in [0.2, 0.25) is 0 Å². The molecule has 0 heterocycles. The number of hydrogen-bond acceptors (Lipinski definition) is 7. The highest BCUT2D eigenvalue weighted by molar-refractivity contribution is 9.10. The minimum atomic E-state index is -0.613. The molecule has 2 N–H and O–H groups in total. The Balaban J connectivity index is 1.63. The summed E-state index contributed by atoms with van der Waals surface area (Å²) in [5.74, 6) is -0.545. The van der Waals surface area contributed by atoms with Crippen molar-refractivity contribution in [2.45, 2.75) is 0 Å². The Morgan fingerprint density at radius 2 is 1.70 bits per heavy atom. The van der Waals surface area contributed by atoms with Crippen molar-refractivity contribution >= 4 is 51.2 Å². The number of rotatable bonds is 9. The minimum absolute atomic E-state index is 0.131. The summed E-state index contributed by atoms with van der Waals surface area (Å²) in [7, 11) is 2.79. The minimum Gasteiger partial charge on any atom is -0.495 e. The molecule has 0 aliphatic carbocycles. The van der Waals surface area contributed by atoms with E-state index in [9.17, 15) is 19.6 Å². The van der Waals surface area contributed by atoms with E-state index in [1.54, 1.807) is 42.5 Å². The van der Waals surface area contributed by atoms with E-state index >= 15 is 0 Å². The molecule has 3 aromatic rings. The molecule has 10 heteroatoms. The Hall–Kier alpha value is -4.62. The normalized spacial score (nSPS) is 10.6. The summed E-state index contributed by atoms with van der Waals surface area (Å²) < 4.78 is 16.0. The second kappa shape index (κ2) is 12.9. The number of amides is 2. The zero-order valence-corrected chi connectivity index (χ0v) is 21.5. The van der Waals surface area contributed by atoms with E-state index in [1.807, 2.05) is 6.07 Å². The number of hydrogen-bond donors (Lipinski definition) is 2. The molecule has 0 saturated carbocycles. The van der Waals surface area contributed by atoms with Crippen LogP contribution in [-0.2, 0) is 14.3 Å². The molecule has 0 atom stereocenters. The van der Waals surface area contributed by atoms with E-state index in [1.165, 1.54) is 44.6 Å². The Morgan fingerprint density at radius 3 is 2.35 bits per heavy atom. The van der Waals surface area contributed by atoms with Gasteiger partial charge in [0.05, 0.1) is 29.9 Å². The standard InChI is InChI=1S/C27H22BrN3O6/c1-35-24-6-4-3-5-22(24)31-25(32)16-37-23-12-7-17(14-21(23)28)13-19(15-29)26(33)30-20-10-8-18(9-11-20)27(34)36-2/h3-14H,16H2,1-2H3,(H,30,33)(H,31,32)/b19-13-. The van der Waals surface area contributed by atoms with Crippen LogP contribution in [0.5, 0.6) is 11.5 Å². The van der Waals surface area contributed by atoms with Gasteiger partial charge in [-0.15, -0.1) is 0 Å². The largest absolute Gasteiger partial charge is 0.495 e. The van der Waals surface area contributed by atoms with Crippen molar-refractivity contribution in [3.05, 3.63) is 87.9 Å². The summed E-state index contributed by atoms with van der Waals surface area (Å²) >= 11 is 3.39. The van der Waals surface area contributed by atoms with Crippen molar-refractivity contribution in [2.24, 2.45) is 0 Å². The molecule has 0 aliphatic heterocycles. The smallest absolute Gasteiger partial charge is 0.337 e. The fourth-order valence-corrected chi connectivity index (χ4v) is 3.63. The molecule has 0 radical (unpaired) electrons. The van der Waals surface area contributed by atoms with Crippen molar-refractivity contribution in [3.63, 3.8) is 0 Å². The van der Waals surface area contributed by atoms with Gasteiger partial charge in [0.15, 0.2) is 6.61 Å². The Bertz CT molecular complexity index is 1380. The molecule has 0 unspecified atom stereocenters. The molecule has 3 rings (SSSR count). The first-order valence-electron chi connectivity index (χ1n) is 10.8. The number of methoxy groups -OCH3 is 2. The Labute approximate surface area is 221 Å². The quantitative estimate of drug-likeness (QED) is 0.217. The first kappa shape index (κ1) is 27.0. The summed E-state index contributed by atoms with van der Waals surface area (Å²) in [6.45, 7) is -0.244. The number of ether oxygens (including phenoxy) is 3. The molecule has 188 valence electrons. The number of para-hydroxylation sites is 2. The average molecular weight is 564 g/mol. The van der Waals surface area contributed by atoms with Crippen molar-refractivity contribution in [3.8, 4) is 17.6 Å². The van der Waals surface area contributed by atoms with E-state index in [2.05, 4.69) is 31.3 Å². The summed E-state index contributed by atoms with van der Waals surface area (Å²) in [6.07, 6.45) is 1.42. The monoisotopic (exact) mass is 563 g/mol. The highest BCUT2D eigenvalue weighted by Gasteiger charge is 2.13. The number of benzene rings is 3. The maximum Gasteiger partial charge on any atom is 0.337 e. The fraction of sp³-hybridized carbons (Fsp3) is 0.111. The van der Waals surface area contributed by atoms with Gasteiger partial charge >= 0.3 is 5.97 Å². The first-order chi connectivity index (χ1) is 17.8. The zero-order chi connectivity index (χ0) is 26.8. The summed E-state index contributed by atoms with van der Waals surface area (Å²) in [5.41, 5.74) is 1.70. The molecule has 2 amide bonds. The molecule has 0 fully saturated rings. The lowest BCUT2D eigenvalue weighted by Gasteiger charge is -2.11. The van der Waals surface area contributed by atoms with Crippen molar-refractivity contribution < 1.29 is 28.6 Å². The van der Waals surface area contributed by atoms with E-state index in [0.29, 0.717) is 38.5 Å². The van der Waals surface area contributed by atoms with Crippen molar-refractivity contribution in [2.75, 3.05) is 31.5 Å². The molecule has 0 aliphatic rings. The van der Waals surface area contributed by atoms with Gasteiger partial charge in [0.25, 0.3) is 11.8 Å². The van der Waals surface area contributed by atoms with Crippen LogP contribution in [0, 0.1) is 11.3 Å². The van der Waals surface area contributed by atoms with Crippen LogP contribution in [0.15, 0.2) is 76.8 Å². The van der Waals surface area contributed by atoms with E-state index in [-0.39, 0.29) is 18.1 Å². The predicted molar refractivity (Wildman–Crippen MR) is 141 cm³/mol. The van der Waals surface area contributed by atoms with Crippen LogP contribution in [0.3, 0.4) is 0 Å². The summed E-state index contributed by atoms with van der Waals surface area (Å²) in [6, 6.07) is 19.9. The number of nitriles is 1. The zero-order valence-electron chi connectivity index (χ0n) is 19.9. The fourth-order valence-electron chi connectivity index (χ4n) is 3.12. The van der Waals surface area contributed by atoms with Gasteiger partial charge < -0.3 is 24.8 Å². The average Bonchev–Trinajstić information content (AvgIpc) is 2.91. The van der Waals surface area contributed by atoms with Crippen LogP contribution in [0.2, 0.25) is 0 Å². The Kier molecular flexibility index (Phi) is 9.41. The first-order valence-corrected chi connectivity index (χ1v) is 11.6. The summed E-state index contributed by atoms with van der Waals surface area (Å²) in [4.78, 5) is 36.4. The van der Waals surface area contributed by atoms with Gasteiger partial charge in [-0.1, -0.05) is 18.2 Å². The van der Waals surface area contributed by atoms with Gasteiger partial charge in [-0.2, -0.15) is 5.26 Å². The van der Waals surface area contributed by atoms with E-state index < -0.39 is 11.9 Å². The molecule has 37 heavy (non-hydrogen) atoms. The molecule has 9 nitrogen and oxygen atoms in total. The van der Waals surface area contributed by atoms with Gasteiger partial charge in [0, 0.05) is 5.69 Å². The number of nitrogens with one attached hydrogen (secondary N) is 2. The number of nitrogens with zero attached hydrogens (tertiary/aromatic N) is 1. The number of halogens is 1. The molecule has 0 spiro atoms. The van der Waals surface area contributed by atoms with Crippen LogP contribution in [-0.4, -0.2) is 38.6 Å². The highest BCUT2D eigenvalue weighted by Crippen LogP contribution is 2.28. The molecule has 0 bridgehead atoms. The lowest BCUT2D eigenvalue weighted by atomic mass is 10.1. The van der Waals surface area contributed by atoms with E-state index in [4.69, 9.17) is 9.47 Å². The molecule has 0 saturated heterocycles. The van der Waals surface area contributed by atoms with Crippen LogP contribution in [0.4, 0.5) is 11.4 Å². The van der Waals surface area contributed by atoms with Gasteiger partial charge in [-0.05, 0) is 76.1 Å². The lowest BCUT2D eigenvalue weighted by molar-refractivity contribution is -0.118. The number of esters is 1. The van der Waals surface area contributed by atoms with Gasteiger partial charge in [0.1, 0.15) is 23.1 Å². The van der Waals surface area contributed by atoms with Crippen LogP contribution < -0.4 is 20.1 Å². The second-order valence-electron chi connectivity index (χ2n) is 7.42. The third-order valence-electron chi connectivity index (χ3n) is 4.94. The molecule has 3 aromatic carbocycles. The molecular weight excluding hydrogens is 542 g/mol. The third kappa shape index (κ3) is 7.43. The molecular formula is C27H22BrN3O6. The number of anilines is 2. The highest BCUT2D eigenvalue weighted by atomic mass is 79.9. The Morgan fingerprint density at radius 1 is 0.973 bits per heavy atom. The van der Waals surface area contributed by atoms with Crippen LogP contribution in [0.25, 0.3) is 6.08 Å². The SMILES string of the molecule is COC(=O)c1ccc(NC(=O)/C(C#N)=C\c2ccc(OCC(=O)Nc3ccccc3OC)c(Br)c2)cc1. The van der Waals surface area contributed by atoms with Crippen molar-refractivity contribution in [1.29, 1.82) is 5.26 Å². The van der Waals surface area contributed by atoms with E-state index in [0.717, 1.165) is 0 Å². The van der Waals surface area contributed by atoms with Crippen LogP contribution >= 0.6 is 15.9 Å². The topological polar surface area (TPSA) is 127 Å². The maximum atomic E-state index is 12.6. The lowest BCUT2D eigenvalue weighted by Crippen LogP contribution is -2.20.